The van der Waals surface area contributed by atoms with Crippen LogP contribution in [0.5, 0.6) is 0 Å². The molecule has 0 aliphatic carbocycles. The van der Waals surface area contributed by atoms with Crippen LogP contribution in [0.3, 0.4) is 0 Å². The fourth-order valence-corrected chi connectivity index (χ4v) is 18.7. The molecule has 0 spiro atoms. The van der Waals surface area contributed by atoms with Crippen LogP contribution in [0.15, 0.2) is 173 Å². The number of carbonyl (C=O) groups is 15. The first kappa shape index (κ1) is 106. The number of amides is 11. The van der Waals surface area contributed by atoms with E-state index in [0.29, 0.717) is 81.0 Å². The number of hydrogen-bond donors (Lipinski definition) is 15. The number of benzene rings is 11. The number of nitrogens with two attached hydrogens (primary N) is 1. The molecule has 0 saturated carbocycles. The van der Waals surface area contributed by atoms with E-state index < -0.39 is 17.9 Å². The molecule has 0 atom stereocenters. The summed E-state index contributed by atoms with van der Waals surface area (Å²) in [4.78, 5) is 164. The predicted octanol–water partition coefficient (Wildman–Crippen LogP) is 18.3. The van der Waals surface area contributed by atoms with Crippen LogP contribution in [-0.4, -0.2) is 111 Å². The summed E-state index contributed by atoms with van der Waals surface area (Å²) < 4.78 is 7.78. The van der Waals surface area contributed by atoms with Gasteiger partial charge in [-0.05, 0) is 332 Å². The molecule has 11 amide bonds. The number of esters is 1. The second-order valence-electron chi connectivity index (χ2n) is 34.5. The van der Waals surface area contributed by atoms with Gasteiger partial charge in [0.15, 0.2) is 0 Å². The summed E-state index contributed by atoms with van der Waals surface area (Å²) in [6, 6.07) is 49.8. The number of anilines is 12. The standard InChI is InChI=1S/C12H15NO.C11H11NO3.C10H9NO3.2C10H11NO.C9H7Br2NO.C9H8ClNO.C9H8INO.C9H10N2O.2C9H7NO3/c1-2-3-4-9-5-6-11-10(7-9)8-12(14)13-11;13-10-6-8-5-7(2-4-11(14)15)1-3-9(8)12-10;1-14-10(13)6-2-3-8-7(4-6)5-9(12)11-8;1-6-3-4-9-8(7(6)2)5-10(12)11-9;1-2-7-3-4-9-8(5-7)6-10(12)11-9;1-4-5-2-8(13)12-9(5)7(11)3-6(4)10;3*1-5-6-4-9(12)11-8(6)3-2-7(5)10;11-8-4-6-3-5(9(12)13)1-2-7(6)10-8;11-8-4-6-5(9(12)13)2-1-3-7(6)10-8/h5-7H,2-4,8H2,1H3,(H,13,14);1,3,5H,2,4,6H2,(H,12,13)(H,14,15);2-4H,5H2,1H3,(H,11,12);3-4H,5H2,1-2H3,(H,11,12);3-5H,2,6H2,1H3,(H,11,12);3H,2H2,1H3,(H,12,13);2*2-3H,4H2,1H3,(H,11,12);2-3H,4,10H2,1H3,(H,11,12);2*1-3H,4H2,(H,10,11)(H,12,13). The van der Waals surface area contributed by atoms with Crippen LogP contribution >= 0.6 is 66.1 Å². The molecule has 11 aliphatic heterocycles. The van der Waals surface area contributed by atoms with E-state index >= 15 is 0 Å². The number of nitrogen functional groups attached to an aromatic ring is 1. The van der Waals surface area contributed by atoms with Gasteiger partial charge >= 0.3 is 23.9 Å². The van der Waals surface area contributed by atoms with E-state index in [2.05, 4.69) is 177 Å². The van der Waals surface area contributed by atoms with Crippen LogP contribution < -0.4 is 64.2 Å². The third-order valence-corrected chi connectivity index (χ3v) is 27.6. The van der Waals surface area contributed by atoms with E-state index in [1.54, 1.807) is 42.5 Å². The molecule has 0 bridgehead atoms. The van der Waals surface area contributed by atoms with Gasteiger partial charge in [0.25, 0.3) is 0 Å². The van der Waals surface area contributed by atoms with E-state index in [1.165, 1.54) is 75.1 Å². The lowest BCUT2D eigenvalue weighted by molar-refractivity contribution is -0.137. The zero-order chi connectivity index (χ0) is 103. The Morgan fingerprint density at radius 3 is 1.20 bits per heavy atom. The predicted molar refractivity (Wildman–Crippen MR) is 562 cm³/mol. The summed E-state index contributed by atoms with van der Waals surface area (Å²) in [5.74, 6) is -2.80. The van der Waals surface area contributed by atoms with Crippen LogP contribution in [-0.2, 0) is 152 Å². The average Bonchev–Trinajstić information content (AvgIpc) is 1.63. The molecule has 0 unspecified atom stereocenters. The van der Waals surface area contributed by atoms with Gasteiger partial charge in [-0.2, -0.15) is 0 Å². The largest absolute Gasteiger partial charge is 0.481 e. The zero-order valence-corrected chi connectivity index (χ0v) is 85.2. The molecule has 0 aromatic heterocycles. The summed E-state index contributed by atoms with van der Waals surface area (Å²) in [5, 5.41) is 57.1. The van der Waals surface area contributed by atoms with Crippen molar-refractivity contribution in [3.63, 3.8) is 0 Å². The van der Waals surface area contributed by atoms with Gasteiger partial charge in [0.1, 0.15) is 0 Å². The Labute approximate surface area is 854 Å². The van der Waals surface area contributed by atoms with Crippen molar-refractivity contribution < 1.29 is 92.0 Å². The second kappa shape index (κ2) is 47.9. The highest BCUT2D eigenvalue weighted by Crippen LogP contribution is 2.40. The van der Waals surface area contributed by atoms with Crippen LogP contribution in [0.25, 0.3) is 0 Å². The highest BCUT2D eigenvalue weighted by molar-refractivity contribution is 14.1. The van der Waals surface area contributed by atoms with Crippen molar-refractivity contribution in [1.29, 1.82) is 0 Å². The second-order valence-corrected chi connectivity index (χ2v) is 37.8. The third-order valence-electron chi connectivity index (χ3n) is 24.6. The van der Waals surface area contributed by atoms with Crippen molar-refractivity contribution >= 4 is 223 Å². The number of fused-ring (bicyclic) bond motifs is 11. The molecule has 16 N–H and O–H groups in total. The number of carboxylic acid groups (broad SMARTS) is 3. The molecule has 0 radical (unpaired) electrons. The first-order valence-electron chi connectivity index (χ1n) is 45.4. The quantitative estimate of drug-likeness (QED) is 0.0343. The molecule has 0 fully saturated rings. The van der Waals surface area contributed by atoms with Crippen LogP contribution in [0.1, 0.15) is 175 Å². The number of nitrogens with one attached hydrogen (secondary N) is 11. The van der Waals surface area contributed by atoms with Gasteiger partial charge in [-0.25, -0.2) is 14.4 Å². The molecule has 35 heteroatoms. The number of aliphatic carboxylic acids is 1. The van der Waals surface area contributed by atoms with E-state index in [4.69, 9.17) is 32.7 Å². The maximum absolute atomic E-state index is 11.2. The highest BCUT2D eigenvalue weighted by atomic mass is 127. The lowest BCUT2D eigenvalue weighted by Crippen LogP contribution is -2.04. The van der Waals surface area contributed by atoms with Gasteiger partial charge in [-0.15, -0.1) is 0 Å². The Morgan fingerprint density at radius 2 is 0.732 bits per heavy atom. The number of carbonyl (C=O) groups excluding carboxylic acids is 12. The van der Waals surface area contributed by atoms with Gasteiger partial charge in [-0.3, -0.25) is 57.5 Å². The van der Waals surface area contributed by atoms with Gasteiger partial charge < -0.3 is 84.3 Å². The molecule has 31 nitrogen and oxygen atoms in total. The molecular formula is C107H104Br2ClIN12O19. The van der Waals surface area contributed by atoms with Crippen LogP contribution in [0.2, 0.25) is 5.02 Å². The molecule has 142 heavy (non-hydrogen) atoms. The number of methoxy groups -OCH3 is 1. The fraction of sp³-hybridized carbons (Fsp3) is 0.243. The number of aryl methyl sites for hydroxylation is 4. The maximum Gasteiger partial charge on any atom is 0.337 e. The number of unbranched alkanes of at least 4 members (excludes halogenated alkanes) is 1. The van der Waals surface area contributed by atoms with Gasteiger partial charge in [-0.1, -0.05) is 96.3 Å². The Hall–Kier alpha value is -14.8. The molecule has 0 saturated heterocycles. The SMILES string of the molecule is CCCCc1ccc2c(c1)CC(=O)N2.CCc1ccc2c(c1)CC(=O)N2.COC(=O)c1ccc2c(c1)CC(=O)N2.Cc1c(Br)cc(Br)c2c1CC(=O)N2.Cc1c(Cl)ccc2c1CC(=O)N2.Cc1c(I)ccc2c1CC(=O)N2.Cc1c(N)ccc2c1CC(=O)N2.Cc1ccc2c(c1C)CC(=O)N2.O=C(O)CCc1ccc2c(c1)CC(=O)N2.O=C1Cc2c(cccc2C(=O)O)N1.O=C1Cc2cc(C(=O)O)ccc2N1. The van der Waals surface area contributed by atoms with E-state index in [0.717, 1.165) is 162 Å². The maximum atomic E-state index is 11.2. The third kappa shape index (κ3) is 27.5. The molecular weight excluding hydrogens is 2080 g/mol. The van der Waals surface area contributed by atoms with Gasteiger partial charge in [0.05, 0.1) is 100 Å². The first-order valence-corrected chi connectivity index (χ1v) is 48.4. The van der Waals surface area contributed by atoms with Crippen molar-refractivity contribution in [3.8, 4) is 0 Å². The topological polar surface area (TPSA) is 484 Å². The molecule has 22 rings (SSSR count). The summed E-state index contributed by atoms with van der Waals surface area (Å²) in [6.45, 7) is 16.4. The molecule has 11 aromatic rings. The van der Waals surface area contributed by atoms with Crippen molar-refractivity contribution in [1.82, 2.24) is 0 Å². The Bertz CT molecular complexity index is 6720. The zero-order valence-electron chi connectivity index (χ0n) is 79.1. The number of aromatic carboxylic acids is 2. The van der Waals surface area contributed by atoms with Crippen LogP contribution in [0.4, 0.5) is 68.2 Å². The minimum absolute atomic E-state index is 0.000356. The number of halogens is 4. The molecule has 11 aromatic carbocycles. The summed E-state index contributed by atoms with van der Waals surface area (Å²) in [6.07, 6.45) is 9.99. The minimum Gasteiger partial charge on any atom is -0.481 e. The monoisotopic (exact) mass is 2180 g/mol. The molecule has 11 heterocycles. The van der Waals surface area contributed by atoms with E-state index in [1.807, 2.05) is 99.6 Å². The van der Waals surface area contributed by atoms with E-state index in [-0.39, 0.29) is 101 Å². The Balaban J connectivity index is 0.000000140. The highest BCUT2D eigenvalue weighted by Gasteiger charge is 2.30. The number of hydrogen-bond acceptors (Lipinski definition) is 17. The lowest BCUT2D eigenvalue weighted by Gasteiger charge is -2.07. The molecule has 11 aliphatic rings. The van der Waals surface area contributed by atoms with Crippen molar-refractivity contribution in [2.24, 2.45) is 0 Å². The van der Waals surface area contributed by atoms with Crippen molar-refractivity contribution in [2.45, 2.75) is 165 Å². The van der Waals surface area contributed by atoms with Gasteiger partial charge in [0.2, 0.25) is 65.0 Å². The van der Waals surface area contributed by atoms with Crippen molar-refractivity contribution in [2.75, 3.05) is 71.3 Å². The first-order chi connectivity index (χ1) is 67.6. The summed E-state index contributed by atoms with van der Waals surface area (Å²) in [7, 11) is 1.33. The fourth-order valence-electron chi connectivity index (χ4n) is 16.7. The lowest BCUT2D eigenvalue weighted by atomic mass is 10.0. The van der Waals surface area contributed by atoms with Crippen molar-refractivity contribution in [3.05, 3.63) is 309 Å². The summed E-state index contributed by atoms with van der Waals surface area (Å²) in [5.41, 5.74) is 38.4. The number of rotatable bonds is 10. The minimum atomic E-state index is -0.992. The Kier molecular flexibility index (Phi) is 35.8. The molecule has 734 valence electrons. The van der Waals surface area contributed by atoms with Crippen LogP contribution in [0, 0.1) is 45.1 Å². The normalized spacial score (nSPS) is 14.0. The number of ether oxygens (including phenoxy) is 1. The van der Waals surface area contributed by atoms with E-state index in [9.17, 15) is 71.9 Å². The average molecular weight is 2180 g/mol. The smallest absolute Gasteiger partial charge is 0.337 e. The van der Waals surface area contributed by atoms with Gasteiger partial charge in [0, 0.05) is 86.5 Å². The number of carboxylic acids is 3. The Morgan fingerprint density at radius 1 is 0.366 bits per heavy atom. The summed E-state index contributed by atoms with van der Waals surface area (Å²) >= 11 is 15.1.